The summed E-state index contributed by atoms with van der Waals surface area (Å²) in [4.78, 5) is 0. The molecular weight excluding hydrogens is 160 g/mol. The molecule has 1 N–H and O–H groups in total. The van der Waals surface area contributed by atoms with Gasteiger partial charge in [0.15, 0.2) is 0 Å². The monoisotopic (exact) mass is 186 g/mol. The maximum atomic E-state index is 10.1. The molecule has 0 aromatic rings. The Balaban J connectivity index is 4.41. The molecule has 0 radical (unpaired) electrons. The van der Waals surface area contributed by atoms with Gasteiger partial charge in [-0.25, -0.2) is 0 Å². The first-order valence-electron chi connectivity index (χ1n) is 5.48. The van der Waals surface area contributed by atoms with Gasteiger partial charge in [-0.15, -0.1) is 0 Å². The zero-order valence-corrected chi connectivity index (χ0v) is 10.1. The molecule has 0 aliphatic carbocycles. The van der Waals surface area contributed by atoms with Crippen molar-refractivity contribution in [2.45, 2.75) is 60.5 Å². The van der Waals surface area contributed by atoms with Gasteiger partial charge in [0.25, 0.3) is 0 Å². The van der Waals surface area contributed by atoms with Crippen LogP contribution in [0.5, 0.6) is 0 Å². The first-order valence-corrected chi connectivity index (χ1v) is 5.48. The number of aliphatic hydroxyl groups excluding tert-OH is 1. The lowest BCUT2D eigenvalue weighted by atomic mass is 9.72. The predicted octanol–water partition coefficient (Wildman–Crippen LogP) is 3.47. The van der Waals surface area contributed by atoms with Gasteiger partial charge in [-0.2, -0.15) is 0 Å². The van der Waals surface area contributed by atoms with Crippen molar-refractivity contribution < 1.29 is 5.11 Å². The molecule has 1 nitrogen and oxygen atoms in total. The molecule has 0 spiro atoms. The summed E-state index contributed by atoms with van der Waals surface area (Å²) in [6.45, 7) is 13.0. The van der Waals surface area contributed by atoms with Crippen LogP contribution in [-0.2, 0) is 0 Å². The molecule has 0 aromatic carbocycles. The Labute approximate surface area is 83.5 Å². The molecule has 1 heteroatoms. The van der Waals surface area contributed by atoms with Gasteiger partial charge in [-0.1, -0.05) is 48.0 Å². The summed E-state index contributed by atoms with van der Waals surface area (Å²) in [5, 5.41) is 10.1. The van der Waals surface area contributed by atoms with Gasteiger partial charge in [0, 0.05) is 0 Å². The lowest BCUT2D eigenvalue weighted by Crippen LogP contribution is -2.35. The fraction of sp³-hybridized carbons (Fsp3) is 1.00. The third-order valence-electron chi connectivity index (χ3n) is 2.81. The van der Waals surface area contributed by atoms with Crippen LogP contribution in [0.15, 0.2) is 0 Å². The highest BCUT2D eigenvalue weighted by molar-refractivity contribution is 4.81. The molecule has 0 aliphatic heterocycles. The highest BCUT2D eigenvalue weighted by Gasteiger charge is 2.31. The zero-order chi connectivity index (χ0) is 10.6. The van der Waals surface area contributed by atoms with E-state index in [1.165, 1.54) is 0 Å². The van der Waals surface area contributed by atoms with E-state index in [9.17, 15) is 5.11 Å². The van der Waals surface area contributed by atoms with Crippen molar-refractivity contribution in [3.05, 3.63) is 0 Å². The fourth-order valence-corrected chi connectivity index (χ4v) is 1.89. The van der Waals surface area contributed by atoms with E-state index < -0.39 is 0 Å². The van der Waals surface area contributed by atoms with E-state index in [0.717, 1.165) is 12.8 Å². The molecule has 0 heterocycles. The van der Waals surface area contributed by atoms with E-state index in [1.807, 2.05) is 0 Å². The quantitative estimate of drug-likeness (QED) is 0.713. The third-order valence-corrected chi connectivity index (χ3v) is 2.81. The summed E-state index contributed by atoms with van der Waals surface area (Å²) in [7, 11) is 0. The van der Waals surface area contributed by atoms with Crippen LogP contribution in [0.25, 0.3) is 0 Å². The Morgan fingerprint density at radius 1 is 1.15 bits per heavy atom. The summed E-state index contributed by atoms with van der Waals surface area (Å²) in [5.74, 6) is 0.799. The molecule has 0 saturated carbocycles. The molecule has 2 unspecified atom stereocenters. The van der Waals surface area contributed by atoms with E-state index in [-0.39, 0.29) is 11.5 Å². The van der Waals surface area contributed by atoms with E-state index >= 15 is 0 Å². The van der Waals surface area contributed by atoms with Crippen LogP contribution < -0.4 is 0 Å². The first-order chi connectivity index (χ1) is 5.80. The minimum atomic E-state index is -0.153. The summed E-state index contributed by atoms with van der Waals surface area (Å²) < 4.78 is 0. The van der Waals surface area contributed by atoms with Crippen LogP contribution in [0, 0.1) is 17.3 Å². The zero-order valence-electron chi connectivity index (χ0n) is 10.1. The van der Waals surface area contributed by atoms with Gasteiger partial charge in [0.2, 0.25) is 0 Å². The minimum absolute atomic E-state index is 0.153. The Kier molecular flexibility index (Phi) is 4.98. The predicted molar refractivity (Wildman–Crippen MR) is 58.7 cm³/mol. The van der Waals surface area contributed by atoms with Crippen molar-refractivity contribution in [1.29, 1.82) is 0 Å². The number of hydrogen-bond acceptors (Lipinski definition) is 1. The standard InChI is InChI=1S/C12H26O/c1-7-8-10(12(4,5)6)11(13)9(2)3/h9-11,13H,7-8H2,1-6H3. The van der Waals surface area contributed by atoms with Crippen molar-refractivity contribution in [3.8, 4) is 0 Å². The van der Waals surface area contributed by atoms with Crippen LogP contribution in [0.1, 0.15) is 54.4 Å². The topological polar surface area (TPSA) is 20.2 Å². The highest BCUT2D eigenvalue weighted by atomic mass is 16.3. The molecule has 13 heavy (non-hydrogen) atoms. The van der Waals surface area contributed by atoms with E-state index in [0.29, 0.717) is 11.8 Å². The molecular formula is C12H26O. The lowest BCUT2D eigenvalue weighted by molar-refractivity contribution is 0.00540. The molecule has 0 amide bonds. The summed E-state index contributed by atoms with van der Waals surface area (Å²) >= 11 is 0. The van der Waals surface area contributed by atoms with E-state index in [4.69, 9.17) is 0 Å². The first kappa shape index (κ1) is 13.0. The van der Waals surface area contributed by atoms with Crippen LogP contribution in [0.2, 0.25) is 0 Å². The second-order valence-electron chi connectivity index (χ2n) is 5.50. The van der Waals surface area contributed by atoms with Crippen molar-refractivity contribution in [1.82, 2.24) is 0 Å². The molecule has 0 aromatic heterocycles. The molecule has 2 atom stereocenters. The van der Waals surface area contributed by atoms with Gasteiger partial charge in [-0.05, 0) is 23.7 Å². The SMILES string of the molecule is CCCC(C(O)C(C)C)C(C)(C)C. The second-order valence-corrected chi connectivity index (χ2v) is 5.50. The molecule has 80 valence electrons. The summed E-state index contributed by atoms with van der Waals surface area (Å²) in [6, 6.07) is 0. The maximum Gasteiger partial charge on any atom is 0.0596 e. The van der Waals surface area contributed by atoms with Crippen molar-refractivity contribution in [3.63, 3.8) is 0 Å². The smallest absolute Gasteiger partial charge is 0.0596 e. The summed E-state index contributed by atoms with van der Waals surface area (Å²) in [5.41, 5.74) is 0.222. The Bertz CT molecular complexity index is 133. The molecule has 0 rings (SSSR count). The van der Waals surface area contributed by atoms with Crippen LogP contribution in [-0.4, -0.2) is 11.2 Å². The average molecular weight is 186 g/mol. The molecule has 0 fully saturated rings. The van der Waals surface area contributed by atoms with Crippen molar-refractivity contribution in [2.24, 2.45) is 17.3 Å². The van der Waals surface area contributed by atoms with Gasteiger partial charge >= 0.3 is 0 Å². The fourth-order valence-electron chi connectivity index (χ4n) is 1.89. The van der Waals surface area contributed by atoms with Gasteiger partial charge in [0.1, 0.15) is 0 Å². The maximum absolute atomic E-state index is 10.1. The Morgan fingerprint density at radius 2 is 1.62 bits per heavy atom. The van der Waals surface area contributed by atoms with Crippen LogP contribution >= 0.6 is 0 Å². The Hall–Kier alpha value is -0.0400. The summed E-state index contributed by atoms with van der Waals surface area (Å²) in [6.07, 6.45) is 2.13. The van der Waals surface area contributed by atoms with Crippen molar-refractivity contribution in [2.75, 3.05) is 0 Å². The van der Waals surface area contributed by atoms with Crippen LogP contribution in [0.3, 0.4) is 0 Å². The minimum Gasteiger partial charge on any atom is -0.393 e. The lowest BCUT2D eigenvalue weighted by Gasteiger charge is -2.36. The number of rotatable bonds is 4. The van der Waals surface area contributed by atoms with Gasteiger partial charge < -0.3 is 5.11 Å². The third kappa shape index (κ3) is 4.12. The average Bonchev–Trinajstić information content (AvgIpc) is 1.96. The largest absolute Gasteiger partial charge is 0.393 e. The van der Waals surface area contributed by atoms with Gasteiger partial charge in [-0.3, -0.25) is 0 Å². The molecule has 0 saturated heterocycles. The molecule has 0 aliphatic rings. The van der Waals surface area contributed by atoms with E-state index in [1.54, 1.807) is 0 Å². The Morgan fingerprint density at radius 3 is 1.85 bits per heavy atom. The van der Waals surface area contributed by atoms with Crippen LogP contribution in [0.4, 0.5) is 0 Å². The highest BCUT2D eigenvalue weighted by Crippen LogP contribution is 2.34. The second kappa shape index (κ2) is 4.99. The van der Waals surface area contributed by atoms with E-state index in [2.05, 4.69) is 41.5 Å². The van der Waals surface area contributed by atoms with Crippen molar-refractivity contribution >= 4 is 0 Å². The normalized spacial score (nSPS) is 17.5. The number of hydrogen-bond donors (Lipinski definition) is 1. The van der Waals surface area contributed by atoms with Gasteiger partial charge in [0.05, 0.1) is 6.10 Å². The molecule has 0 bridgehead atoms. The number of aliphatic hydroxyl groups is 1.